The number of hydrogen-bond donors (Lipinski definition) is 2. The number of ether oxygens (including phenoxy) is 1. The van der Waals surface area contributed by atoms with Gasteiger partial charge in [-0.25, -0.2) is 0 Å². The fraction of sp³-hybridized carbons (Fsp3) is 0.308. The molecule has 2 rings (SSSR count). The van der Waals surface area contributed by atoms with Gasteiger partial charge in [-0.2, -0.15) is 0 Å². The molecule has 7 nitrogen and oxygen atoms in total. The lowest BCUT2D eigenvalue weighted by Crippen LogP contribution is -2.51. The summed E-state index contributed by atoms with van der Waals surface area (Å²) in [6, 6.07) is 4.37. The molecule has 0 saturated carbocycles. The zero-order valence-electron chi connectivity index (χ0n) is 11.1. The summed E-state index contributed by atoms with van der Waals surface area (Å²) < 4.78 is 5.32. The molecule has 3 N–H and O–H groups in total. The fourth-order valence-electron chi connectivity index (χ4n) is 1.90. The van der Waals surface area contributed by atoms with E-state index in [1.807, 2.05) is 0 Å². The van der Waals surface area contributed by atoms with Crippen LogP contribution in [0, 0.1) is 0 Å². The van der Waals surface area contributed by atoms with Crippen LogP contribution in [0.4, 0.5) is 0 Å². The van der Waals surface area contributed by atoms with Crippen LogP contribution in [0.3, 0.4) is 0 Å². The largest absolute Gasteiger partial charge is 0.483 e. The van der Waals surface area contributed by atoms with E-state index in [2.05, 4.69) is 5.32 Å². The Balaban J connectivity index is 2.01. The second-order valence-corrected chi connectivity index (χ2v) is 4.90. The first kappa shape index (κ1) is 15.1. The summed E-state index contributed by atoms with van der Waals surface area (Å²) in [7, 11) is 0. The molecule has 21 heavy (non-hydrogen) atoms. The SMILES string of the molecule is NC(=O)c1cc(Cl)ccc1OCC(=O)N1CCNC(=O)C1. The second-order valence-electron chi connectivity index (χ2n) is 4.46. The van der Waals surface area contributed by atoms with E-state index in [0.29, 0.717) is 18.1 Å². The van der Waals surface area contributed by atoms with Crippen molar-refractivity contribution < 1.29 is 19.1 Å². The number of carbonyl (C=O) groups is 3. The molecule has 0 spiro atoms. The van der Waals surface area contributed by atoms with Crippen molar-refractivity contribution in [2.45, 2.75) is 0 Å². The van der Waals surface area contributed by atoms with Gasteiger partial charge in [0.05, 0.1) is 12.1 Å². The van der Waals surface area contributed by atoms with Crippen LogP contribution in [0.1, 0.15) is 10.4 Å². The van der Waals surface area contributed by atoms with Crippen LogP contribution < -0.4 is 15.8 Å². The van der Waals surface area contributed by atoms with Gasteiger partial charge in [0.2, 0.25) is 5.91 Å². The van der Waals surface area contributed by atoms with Crippen molar-refractivity contribution in [3.05, 3.63) is 28.8 Å². The van der Waals surface area contributed by atoms with Crippen LogP contribution in [0.2, 0.25) is 5.02 Å². The molecule has 8 heteroatoms. The number of nitrogens with one attached hydrogen (secondary N) is 1. The minimum absolute atomic E-state index is 0.00544. The maximum atomic E-state index is 11.9. The van der Waals surface area contributed by atoms with Gasteiger partial charge in [-0.15, -0.1) is 0 Å². The highest BCUT2D eigenvalue weighted by Crippen LogP contribution is 2.22. The van der Waals surface area contributed by atoms with Crippen LogP contribution in [0.25, 0.3) is 0 Å². The average Bonchev–Trinajstić information content (AvgIpc) is 2.45. The zero-order valence-corrected chi connectivity index (χ0v) is 11.9. The molecule has 0 aliphatic carbocycles. The fourth-order valence-corrected chi connectivity index (χ4v) is 2.07. The molecular formula is C13H14ClN3O4. The average molecular weight is 312 g/mol. The van der Waals surface area contributed by atoms with Gasteiger partial charge in [0, 0.05) is 18.1 Å². The quantitative estimate of drug-likeness (QED) is 0.802. The normalized spacial score (nSPS) is 14.5. The summed E-state index contributed by atoms with van der Waals surface area (Å²) in [5.41, 5.74) is 5.33. The van der Waals surface area contributed by atoms with Crippen molar-refractivity contribution in [1.82, 2.24) is 10.2 Å². The highest BCUT2D eigenvalue weighted by molar-refractivity contribution is 6.31. The van der Waals surface area contributed by atoms with Gasteiger partial charge in [0.15, 0.2) is 6.61 Å². The molecule has 112 valence electrons. The molecule has 0 unspecified atom stereocenters. The lowest BCUT2D eigenvalue weighted by Gasteiger charge is -2.26. The van der Waals surface area contributed by atoms with Crippen LogP contribution in [-0.4, -0.2) is 48.9 Å². The molecule has 0 aromatic heterocycles. The predicted octanol–water partition coefficient (Wildman–Crippen LogP) is -0.224. The Morgan fingerprint density at radius 2 is 2.19 bits per heavy atom. The molecule has 1 fully saturated rings. The molecule has 1 aliphatic heterocycles. The van der Waals surface area contributed by atoms with E-state index in [-0.39, 0.29) is 36.3 Å². The van der Waals surface area contributed by atoms with Gasteiger partial charge in [-0.05, 0) is 18.2 Å². The van der Waals surface area contributed by atoms with Crippen molar-refractivity contribution in [2.24, 2.45) is 5.73 Å². The van der Waals surface area contributed by atoms with Gasteiger partial charge in [-0.1, -0.05) is 11.6 Å². The van der Waals surface area contributed by atoms with Gasteiger partial charge in [-0.3, -0.25) is 14.4 Å². The first-order valence-electron chi connectivity index (χ1n) is 6.24. The maximum absolute atomic E-state index is 11.9. The third-order valence-corrected chi connectivity index (χ3v) is 3.18. The number of rotatable bonds is 4. The third-order valence-electron chi connectivity index (χ3n) is 2.95. The Labute approximate surface area is 126 Å². The van der Waals surface area contributed by atoms with Crippen LogP contribution >= 0.6 is 11.6 Å². The van der Waals surface area contributed by atoms with E-state index in [0.717, 1.165) is 0 Å². The number of hydrogen-bond acceptors (Lipinski definition) is 4. The molecule has 1 aliphatic rings. The van der Waals surface area contributed by atoms with Gasteiger partial charge in [0.1, 0.15) is 5.75 Å². The number of benzene rings is 1. The monoisotopic (exact) mass is 311 g/mol. The molecule has 1 heterocycles. The summed E-state index contributed by atoms with van der Waals surface area (Å²) in [6.07, 6.45) is 0. The zero-order chi connectivity index (χ0) is 15.4. The second kappa shape index (κ2) is 6.45. The van der Waals surface area contributed by atoms with E-state index in [4.69, 9.17) is 22.1 Å². The minimum Gasteiger partial charge on any atom is -0.483 e. The first-order valence-corrected chi connectivity index (χ1v) is 6.62. The highest BCUT2D eigenvalue weighted by Gasteiger charge is 2.22. The van der Waals surface area contributed by atoms with Gasteiger partial charge < -0.3 is 20.7 Å². The van der Waals surface area contributed by atoms with Crippen molar-refractivity contribution in [3.8, 4) is 5.75 Å². The summed E-state index contributed by atoms with van der Waals surface area (Å²) in [4.78, 5) is 35.8. The minimum atomic E-state index is -0.697. The Hall–Kier alpha value is -2.28. The van der Waals surface area contributed by atoms with E-state index in [1.165, 1.54) is 23.1 Å². The van der Waals surface area contributed by atoms with Gasteiger partial charge in [0.25, 0.3) is 11.8 Å². The van der Waals surface area contributed by atoms with Crippen LogP contribution in [0.5, 0.6) is 5.75 Å². The Morgan fingerprint density at radius 3 is 2.86 bits per heavy atom. The van der Waals surface area contributed by atoms with E-state index in [1.54, 1.807) is 0 Å². The molecule has 0 bridgehead atoms. The molecular weight excluding hydrogens is 298 g/mol. The highest BCUT2D eigenvalue weighted by atomic mass is 35.5. The Morgan fingerprint density at radius 1 is 1.43 bits per heavy atom. The van der Waals surface area contributed by atoms with Crippen molar-refractivity contribution in [3.63, 3.8) is 0 Å². The summed E-state index contributed by atoms with van der Waals surface area (Å²) in [5, 5.41) is 2.96. The molecule has 0 atom stereocenters. The van der Waals surface area contributed by atoms with Gasteiger partial charge >= 0.3 is 0 Å². The van der Waals surface area contributed by atoms with E-state index >= 15 is 0 Å². The number of nitrogens with two attached hydrogens (primary N) is 1. The number of primary amides is 1. The number of nitrogens with zero attached hydrogens (tertiary/aromatic N) is 1. The number of carbonyl (C=O) groups excluding carboxylic acids is 3. The Bertz CT molecular complexity index is 591. The lowest BCUT2D eigenvalue weighted by molar-refractivity contribution is -0.139. The summed E-state index contributed by atoms with van der Waals surface area (Å²) in [6.45, 7) is 0.565. The summed E-state index contributed by atoms with van der Waals surface area (Å²) in [5.74, 6) is -1.06. The van der Waals surface area contributed by atoms with Crippen LogP contribution in [0.15, 0.2) is 18.2 Å². The van der Waals surface area contributed by atoms with Crippen LogP contribution in [-0.2, 0) is 9.59 Å². The molecule has 1 aromatic rings. The van der Waals surface area contributed by atoms with E-state index < -0.39 is 5.91 Å². The predicted molar refractivity (Wildman–Crippen MR) is 75.1 cm³/mol. The standard InChI is InChI=1S/C13H14ClN3O4/c14-8-1-2-10(9(5-8)13(15)20)21-7-12(19)17-4-3-16-11(18)6-17/h1-2,5H,3-4,6-7H2,(H2,15,20)(H,16,18). The first-order chi connectivity index (χ1) is 9.97. The molecule has 3 amide bonds. The molecule has 0 radical (unpaired) electrons. The van der Waals surface area contributed by atoms with Crippen molar-refractivity contribution >= 4 is 29.3 Å². The van der Waals surface area contributed by atoms with E-state index in [9.17, 15) is 14.4 Å². The number of piperazine rings is 1. The third kappa shape index (κ3) is 3.85. The Kier molecular flexibility index (Phi) is 4.64. The maximum Gasteiger partial charge on any atom is 0.261 e. The smallest absolute Gasteiger partial charge is 0.261 e. The molecule has 1 saturated heterocycles. The van der Waals surface area contributed by atoms with Crippen molar-refractivity contribution in [2.75, 3.05) is 26.2 Å². The topological polar surface area (TPSA) is 102 Å². The number of halogens is 1. The summed E-state index contributed by atoms with van der Waals surface area (Å²) >= 11 is 5.78. The lowest BCUT2D eigenvalue weighted by atomic mass is 10.2. The van der Waals surface area contributed by atoms with Crippen molar-refractivity contribution in [1.29, 1.82) is 0 Å². The molecule has 1 aromatic carbocycles. The number of amides is 3.